The monoisotopic (exact) mass is 399 g/mol. The summed E-state index contributed by atoms with van der Waals surface area (Å²) in [6, 6.07) is 0. The lowest BCUT2D eigenvalue weighted by Gasteiger charge is -1.71. The third-order valence-corrected chi connectivity index (χ3v) is 2.39. The minimum Gasteiger partial charge on any atom is -0.414 e. The highest BCUT2D eigenvalue weighted by Gasteiger charge is 1.91. The van der Waals surface area contributed by atoms with Crippen LogP contribution in [-0.2, 0) is 0 Å². The van der Waals surface area contributed by atoms with Crippen LogP contribution in [0.2, 0.25) is 0 Å². The highest BCUT2D eigenvalue weighted by atomic mass is 32.1. The van der Waals surface area contributed by atoms with Gasteiger partial charge in [-0.15, -0.1) is 15.3 Å². The number of aromatic amines is 3. The van der Waals surface area contributed by atoms with Crippen molar-refractivity contribution in [2.45, 2.75) is 27.7 Å². The summed E-state index contributed by atoms with van der Waals surface area (Å²) in [6.45, 7) is 7.56. The lowest BCUT2D eigenvalue weighted by molar-refractivity contribution is 0.383. The minimum absolute atomic E-state index is 0.331. The van der Waals surface area contributed by atoms with Gasteiger partial charge in [0.05, 0.1) is 5.71 Å². The fourth-order valence-electron chi connectivity index (χ4n) is 1.19. The first-order valence-electron chi connectivity index (χ1n) is 7.23. The van der Waals surface area contributed by atoms with Gasteiger partial charge in [-0.3, -0.25) is 9.51 Å². The number of nitrogens with one attached hydrogen (secondary N) is 3. The Labute approximate surface area is 155 Å². The summed E-state index contributed by atoms with van der Waals surface area (Å²) in [5.74, 6) is 0.440. The van der Waals surface area contributed by atoms with Crippen LogP contribution in [0.5, 0.6) is 0 Å². The van der Waals surface area contributed by atoms with Crippen molar-refractivity contribution in [1.29, 1.82) is 0 Å². The average molecular weight is 399 g/mol. The van der Waals surface area contributed by atoms with Crippen LogP contribution in [0.1, 0.15) is 24.5 Å². The van der Waals surface area contributed by atoms with Crippen LogP contribution in [-0.4, -0.2) is 42.8 Å². The number of nitrogens with zero attached hydrogens (tertiary/aromatic N) is 6. The van der Waals surface area contributed by atoms with Gasteiger partial charge in [-0.25, -0.2) is 19.8 Å². The van der Waals surface area contributed by atoms with Crippen molar-refractivity contribution >= 4 is 17.9 Å². The first-order valence-corrected chi connectivity index (χ1v) is 7.64. The van der Waals surface area contributed by atoms with Gasteiger partial charge in [-0.05, 0) is 31.3 Å². The van der Waals surface area contributed by atoms with Crippen LogP contribution in [0.15, 0.2) is 38.4 Å². The predicted molar refractivity (Wildman–Crippen MR) is 93.0 cm³/mol. The molecule has 146 valence electrons. The molecule has 0 amide bonds. The molecule has 15 heteroatoms. The van der Waals surface area contributed by atoms with E-state index in [9.17, 15) is 9.59 Å². The van der Waals surface area contributed by atoms with E-state index in [0.29, 0.717) is 29.0 Å². The lowest BCUT2D eigenvalue weighted by Crippen LogP contribution is -1.93. The third kappa shape index (κ3) is 10.2. The van der Waals surface area contributed by atoms with Crippen LogP contribution >= 0.6 is 12.2 Å². The first kappa shape index (κ1) is 21.6. The molecule has 3 aromatic rings. The zero-order valence-corrected chi connectivity index (χ0v) is 15.7. The van der Waals surface area contributed by atoms with Crippen molar-refractivity contribution in [3.63, 3.8) is 0 Å². The third-order valence-electron chi connectivity index (χ3n) is 2.22. The Morgan fingerprint density at radius 1 is 0.963 bits per heavy atom. The molecule has 0 aliphatic carbocycles. The summed E-state index contributed by atoms with van der Waals surface area (Å²) < 4.78 is 13.2. The van der Waals surface area contributed by atoms with Gasteiger partial charge in [0.25, 0.3) is 4.84 Å². The highest BCUT2D eigenvalue weighted by Crippen LogP contribution is 1.90. The molecule has 0 saturated heterocycles. The molecule has 0 fully saturated rings. The maximum Gasteiger partial charge on any atom is 0.438 e. The Kier molecular flexibility index (Phi) is 8.93. The summed E-state index contributed by atoms with van der Waals surface area (Å²) in [5, 5.41) is 25.4. The van der Waals surface area contributed by atoms with Crippen molar-refractivity contribution < 1.29 is 13.4 Å². The standard InChI is InChI=1S/C3H5N3.2C3H4N2O2.C3H4N2OS/c1-3-2-4-6-5-3;1-2-4-5-3(6)7-2;1-2-4-3(6)7-5-2;1-2-4-5-3(7)6-2/h2H2,1H3;1H3,(H,5,6);1H3,(H,4,5,6);1H3,(H,5,7). The Hall–Kier alpha value is -3.49. The van der Waals surface area contributed by atoms with Gasteiger partial charge in [-0.2, -0.15) is 5.11 Å². The van der Waals surface area contributed by atoms with Crippen LogP contribution in [0.25, 0.3) is 0 Å². The first-order chi connectivity index (χ1) is 12.8. The second-order valence-corrected chi connectivity index (χ2v) is 5.04. The van der Waals surface area contributed by atoms with Crippen LogP contribution < -0.4 is 11.5 Å². The Balaban J connectivity index is 0.000000180. The molecule has 1 aliphatic heterocycles. The van der Waals surface area contributed by atoms with Crippen molar-refractivity contribution in [2.24, 2.45) is 15.4 Å². The summed E-state index contributed by atoms with van der Waals surface area (Å²) in [6.07, 6.45) is 0. The van der Waals surface area contributed by atoms with Gasteiger partial charge in [0, 0.05) is 13.8 Å². The Morgan fingerprint density at radius 2 is 1.63 bits per heavy atom. The second-order valence-electron chi connectivity index (χ2n) is 4.67. The molecule has 0 spiro atoms. The van der Waals surface area contributed by atoms with E-state index in [1.165, 1.54) is 0 Å². The number of rotatable bonds is 0. The summed E-state index contributed by atoms with van der Waals surface area (Å²) in [4.78, 5) is 22.6. The molecule has 0 atom stereocenters. The molecule has 0 unspecified atom stereocenters. The summed E-state index contributed by atoms with van der Waals surface area (Å²) >= 11 is 4.55. The largest absolute Gasteiger partial charge is 0.438 e. The SMILES string of the molecule is CC1=NN=NC1.Cc1n[nH]c(=O)o1.Cc1n[nH]c(=S)o1.Cc1noc(=O)[nH]1. The lowest BCUT2D eigenvalue weighted by atomic mass is 10.4. The van der Waals surface area contributed by atoms with Gasteiger partial charge in [-0.1, -0.05) is 5.16 Å². The van der Waals surface area contributed by atoms with E-state index < -0.39 is 11.5 Å². The molecule has 0 radical (unpaired) electrons. The smallest absolute Gasteiger partial charge is 0.414 e. The van der Waals surface area contributed by atoms with E-state index in [-0.39, 0.29) is 0 Å². The zero-order chi connectivity index (χ0) is 20.2. The fraction of sp³-hybridized carbons (Fsp3) is 0.417. The molecule has 0 aromatic carbocycles. The summed E-state index contributed by atoms with van der Waals surface area (Å²) in [5.41, 5.74) is 0.995. The van der Waals surface area contributed by atoms with E-state index in [1.54, 1.807) is 20.8 Å². The van der Waals surface area contributed by atoms with Gasteiger partial charge in [0.2, 0.25) is 11.8 Å². The predicted octanol–water partition coefficient (Wildman–Crippen LogP) is 1.21. The second kappa shape index (κ2) is 11.2. The van der Waals surface area contributed by atoms with Crippen molar-refractivity contribution in [2.75, 3.05) is 6.54 Å². The molecule has 0 saturated carbocycles. The minimum atomic E-state index is -0.502. The molecular formula is C12H17N9O5S. The molecule has 0 bridgehead atoms. The van der Waals surface area contributed by atoms with E-state index in [4.69, 9.17) is 4.42 Å². The van der Waals surface area contributed by atoms with E-state index in [1.807, 2.05) is 6.92 Å². The van der Waals surface area contributed by atoms with Gasteiger partial charge >= 0.3 is 11.5 Å². The number of hydrogen-bond acceptors (Lipinski definition) is 12. The normalized spacial score (nSPS) is 11.3. The molecule has 3 aromatic heterocycles. The number of aromatic nitrogens is 6. The highest BCUT2D eigenvalue weighted by molar-refractivity contribution is 7.71. The fourth-order valence-corrected chi connectivity index (χ4v) is 1.35. The Bertz CT molecular complexity index is 924. The molecular weight excluding hydrogens is 382 g/mol. The van der Waals surface area contributed by atoms with Crippen molar-refractivity contribution in [3.05, 3.63) is 43.5 Å². The Morgan fingerprint density at radius 3 is 1.78 bits per heavy atom. The number of hydrogen-bond donors (Lipinski definition) is 3. The van der Waals surface area contributed by atoms with Gasteiger partial charge in [0.15, 0.2) is 0 Å². The van der Waals surface area contributed by atoms with Crippen LogP contribution in [0.4, 0.5) is 0 Å². The van der Waals surface area contributed by atoms with E-state index >= 15 is 0 Å². The van der Waals surface area contributed by atoms with E-state index in [0.717, 1.165) is 5.71 Å². The quantitative estimate of drug-likeness (QED) is 0.465. The van der Waals surface area contributed by atoms with E-state index in [2.05, 4.69) is 67.1 Å². The van der Waals surface area contributed by atoms with Gasteiger partial charge < -0.3 is 8.83 Å². The van der Waals surface area contributed by atoms with Crippen molar-refractivity contribution in [3.8, 4) is 0 Å². The molecule has 27 heavy (non-hydrogen) atoms. The maximum absolute atomic E-state index is 10.0. The molecule has 4 heterocycles. The van der Waals surface area contributed by atoms with Crippen LogP contribution in [0.3, 0.4) is 0 Å². The average Bonchev–Trinajstić information content (AvgIpc) is 3.37. The molecule has 1 aliphatic rings. The number of H-pyrrole nitrogens is 3. The molecule has 3 N–H and O–H groups in total. The van der Waals surface area contributed by atoms with Crippen LogP contribution in [0, 0.1) is 25.6 Å². The molecule has 4 rings (SSSR count). The molecule has 14 nitrogen and oxygen atoms in total. The maximum atomic E-state index is 10.0. The zero-order valence-electron chi connectivity index (χ0n) is 14.8. The number of aryl methyl sites for hydroxylation is 3. The summed E-state index contributed by atoms with van der Waals surface area (Å²) in [7, 11) is 0. The van der Waals surface area contributed by atoms with Crippen molar-refractivity contribution in [1.82, 2.24) is 30.5 Å². The van der Waals surface area contributed by atoms with Gasteiger partial charge in [0.1, 0.15) is 12.4 Å². The topological polar surface area (TPSA) is 197 Å².